The molecule has 5 nitrogen and oxygen atoms in total. The van der Waals surface area contributed by atoms with Gasteiger partial charge in [0.25, 0.3) is 0 Å². The van der Waals surface area contributed by atoms with Gasteiger partial charge in [-0.1, -0.05) is 13.8 Å². The van der Waals surface area contributed by atoms with Crippen LogP contribution in [0.4, 0.5) is 0 Å². The normalized spacial score (nSPS) is 19.8. The van der Waals surface area contributed by atoms with Crippen LogP contribution in [0.1, 0.15) is 47.5 Å². The number of halogens is 1. The molecule has 1 heterocycles. The Bertz CT molecular complexity index is 347. The molecule has 0 aromatic rings. The van der Waals surface area contributed by atoms with Crippen LogP contribution in [0.25, 0.3) is 0 Å². The van der Waals surface area contributed by atoms with Crippen LogP contribution in [0.5, 0.6) is 0 Å². The quantitative estimate of drug-likeness (QED) is 0.346. The van der Waals surface area contributed by atoms with Gasteiger partial charge in [-0.05, 0) is 46.1 Å². The zero-order valence-electron chi connectivity index (χ0n) is 15.8. The van der Waals surface area contributed by atoms with Crippen LogP contribution in [0.3, 0.4) is 0 Å². The van der Waals surface area contributed by atoms with Crippen molar-refractivity contribution in [3.63, 3.8) is 0 Å². The average molecular weight is 440 g/mol. The Hall–Kier alpha value is -0.0800. The van der Waals surface area contributed by atoms with Gasteiger partial charge in [-0.3, -0.25) is 9.89 Å². The molecule has 0 aromatic carbocycles. The van der Waals surface area contributed by atoms with E-state index in [1.165, 1.54) is 25.9 Å². The second-order valence-corrected chi connectivity index (χ2v) is 7.22. The van der Waals surface area contributed by atoms with Gasteiger partial charge in [0, 0.05) is 32.8 Å². The predicted octanol–water partition coefficient (Wildman–Crippen LogP) is 2.70. The van der Waals surface area contributed by atoms with Gasteiger partial charge in [0.15, 0.2) is 5.96 Å². The fraction of sp³-hybridized carbons (Fsp3) is 0.941. The van der Waals surface area contributed by atoms with Crippen LogP contribution in [-0.4, -0.2) is 62.3 Å². The highest BCUT2D eigenvalue weighted by atomic mass is 127. The summed E-state index contributed by atoms with van der Waals surface area (Å²) >= 11 is 0. The van der Waals surface area contributed by atoms with Crippen LogP contribution in [0.2, 0.25) is 0 Å². The number of guanidine groups is 1. The van der Waals surface area contributed by atoms with Gasteiger partial charge in [-0.15, -0.1) is 24.0 Å². The van der Waals surface area contributed by atoms with Gasteiger partial charge in [-0.25, -0.2) is 0 Å². The van der Waals surface area contributed by atoms with Crippen LogP contribution in [0, 0.1) is 5.92 Å². The van der Waals surface area contributed by atoms with Gasteiger partial charge < -0.3 is 15.4 Å². The minimum absolute atomic E-state index is 0. The number of hydrogen-bond donors (Lipinski definition) is 2. The summed E-state index contributed by atoms with van der Waals surface area (Å²) in [5.41, 5.74) is -0.223. The van der Waals surface area contributed by atoms with Crippen molar-refractivity contribution in [2.75, 3.05) is 39.8 Å². The highest BCUT2D eigenvalue weighted by molar-refractivity contribution is 14.0. The van der Waals surface area contributed by atoms with Gasteiger partial charge in [0.1, 0.15) is 0 Å². The first kappa shape index (κ1) is 22.9. The molecular formula is C17H37IN4O. The number of likely N-dealkylation sites (tertiary alicyclic amines) is 1. The molecule has 2 N–H and O–H groups in total. The maximum Gasteiger partial charge on any atom is 0.191 e. The summed E-state index contributed by atoms with van der Waals surface area (Å²) in [7, 11) is 1.73. The monoisotopic (exact) mass is 440 g/mol. The van der Waals surface area contributed by atoms with E-state index in [4.69, 9.17) is 4.74 Å². The van der Waals surface area contributed by atoms with Gasteiger partial charge in [0.2, 0.25) is 0 Å². The molecule has 23 heavy (non-hydrogen) atoms. The highest BCUT2D eigenvalue weighted by Gasteiger charge is 2.25. The molecule has 0 unspecified atom stereocenters. The lowest BCUT2D eigenvalue weighted by Crippen LogP contribution is -2.46. The molecule has 0 aromatic heterocycles. The summed E-state index contributed by atoms with van der Waals surface area (Å²) in [6, 6.07) is 0.627. The van der Waals surface area contributed by atoms with E-state index in [1.807, 2.05) is 0 Å². The lowest BCUT2D eigenvalue weighted by Gasteiger charge is -2.27. The number of hydrogen-bond acceptors (Lipinski definition) is 3. The minimum atomic E-state index is -0.223. The number of aliphatic imine (C=N–C) groups is 1. The third kappa shape index (κ3) is 9.10. The summed E-state index contributed by atoms with van der Waals surface area (Å²) in [5.74, 6) is 1.62. The van der Waals surface area contributed by atoms with E-state index in [0.29, 0.717) is 12.6 Å². The topological polar surface area (TPSA) is 48.9 Å². The molecule has 0 spiro atoms. The summed E-state index contributed by atoms with van der Waals surface area (Å²) in [5, 5.41) is 6.83. The number of methoxy groups -OCH3 is 1. The fourth-order valence-corrected chi connectivity index (χ4v) is 2.73. The van der Waals surface area contributed by atoms with E-state index in [1.54, 1.807) is 7.11 Å². The van der Waals surface area contributed by atoms with Crippen LogP contribution >= 0.6 is 24.0 Å². The zero-order valence-corrected chi connectivity index (χ0v) is 18.1. The fourth-order valence-electron chi connectivity index (χ4n) is 2.73. The van der Waals surface area contributed by atoms with Crippen molar-refractivity contribution >= 4 is 29.9 Å². The van der Waals surface area contributed by atoms with E-state index in [9.17, 15) is 0 Å². The summed E-state index contributed by atoms with van der Waals surface area (Å²) in [6.07, 6.45) is 2.59. The molecule has 1 aliphatic rings. The Morgan fingerprint density at radius 2 is 2.04 bits per heavy atom. The Morgan fingerprint density at radius 3 is 2.61 bits per heavy atom. The molecule has 0 amide bonds. The maximum absolute atomic E-state index is 5.43. The van der Waals surface area contributed by atoms with Gasteiger partial charge in [0.05, 0.1) is 12.1 Å². The lowest BCUT2D eigenvalue weighted by molar-refractivity contribution is 0.0310. The summed E-state index contributed by atoms with van der Waals surface area (Å²) < 4.78 is 5.43. The first-order chi connectivity index (χ1) is 10.4. The number of rotatable bonds is 8. The van der Waals surface area contributed by atoms with Crippen molar-refractivity contribution in [1.29, 1.82) is 0 Å². The smallest absolute Gasteiger partial charge is 0.191 e. The second-order valence-electron chi connectivity index (χ2n) is 7.22. The molecule has 0 bridgehead atoms. The van der Waals surface area contributed by atoms with E-state index < -0.39 is 0 Å². The summed E-state index contributed by atoms with van der Waals surface area (Å²) in [4.78, 5) is 7.27. The van der Waals surface area contributed by atoms with E-state index in [-0.39, 0.29) is 29.6 Å². The second kappa shape index (κ2) is 11.5. The minimum Gasteiger partial charge on any atom is -0.377 e. The number of nitrogens with one attached hydrogen (secondary N) is 2. The van der Waals surface area contributed by atoms with E-state index >= 15 is 0 Å². The van der Waals surface area contributed by atoms with Crippen molar-refractivity contribution in [3.8, 4) is 0 Å². The molecule has 0 aliphatic carbocycles. The summed E-state index contributed by atoms with van der Waals surface area (Å²) in [6.45, 7) is 15.7. The van der Waals surface area contributed by atoms with Crippen LogP contribution in [-0.2, 0) is 4.74 Å². The highest BCUT2D eigenvalue weighted by Crippen LogP contribution is 2.17. The van der Waals surface area contributed by atoms with E-state index in [0.717, 1.165) is 25.0 Å². The molecule has 138 valence electrons. The van der Waals surface area contributed by atoms with Crippen molar-refractivity contribution in [2.24, 2.45) is 10.9 Å². The molecule has 0 radical (unpaired) electrons. The Morgan fingerprint density at radius 1 is 1.35 bits per heavy atom. The van der Waals surface area contributed by atoms with Crippen LogP contribution in [0.15, 0.2) is 4.99 Å². The molecule has 1 atom stereocenters. The molecular weight excluding hydrogens is 403 g/mol. The Balaban J connectivity index is 0.00000484. The van der Waals surface area contributed by atoms with Crippen molar-refractivity contribution in [1.82, 2.24) is 15.5 Å². The molecule has 1 aliphatic heterocycles. The standard InChI is InChI=1S/C17H36N4O.HI/c1-7-18-16(20-13-17(4,5)22-6)19-11-15-9-8-10-21(15)12-14(2)3;/h14-15H,7-13H2,1-6H3,(H2,18,19,20);1H/t15-;/m1./s1. The van der Waals surface area contributed by atoms with Crippen molar-refractivity contribution in [2.45, 2.75) is 59.1 Å². The Kier molecular flexibility index (Phi) is 11.4. The first-order valence-electron chi connectivity index (χ1n) is 8.69. The van der Waals surface area contributed by atoms with Gasteiger partial charge in [-0.2, -0.15) is 0 Å². The molecule has 1 rings (SSSR count). The number of ether oxygens (including phenoxy) is 1. The average Bonchev–Trinajstić information content (AvgIpc) is 2.88. The SMILES string of the molecule is CCNC(=NCC(C)(C)OC)NC[C@H]1CCCN1CC(C)C.I. The third-order valence-corrected chi connectivity index (χ3v) is 4.12. The molecule has 6 heteroatoms. The largest absolute Gasteiger partial charge is 0.377 e. The molecule has 1 saturated heterocycles. The lowest BCUT2D eigenvalue weighted by atomic mass is 10.1. The van der Waals surface area contributed by atoms with Crippen molar-refractivity contribution in [3.05, 3.63) is 0 Å². The zero-order chi connectivity index (χ0) is 16.6. The molecule has 0 saturated carbocycles. The van der Waals surface area contributed by atoms with E-state index in [2.05, 4.69) is 55.1 Å². The first-order valence-corrected chi connectivity index (χ1v) is 8.69. The van der Waals surface area contributed by atoms with Crippen LogP contribution < -0.4 is 10.6 Å². The van der Waals surface area contributed by atoms with Crippen molar-refractivity contribution < 1.29 is 4.74 Å². The molecule has 1 fully saturated rings. The number of nitrogens with zero attached hydrogens (tertiary/aromatic N) is 2. The van der Waals surface area contributed by atoms with Gasteiger partial charge >= 0.3 is 0 Å². The predicted molar refractivity (Wildman–Crippen MR) is 110 cm³/mol. The third-order valence-electron chi connectivity index (χ3n) is 4.12. The maximum atomic E-state index is 5.43. The Labute approximate surface area is 160 Å².